The summed E-state index contributed by atoms with van der Waals surface area (Å²) < 4.78 is 4.70. The van der Waals surface area contributed by atoms with Crippen molar-refractivity contribution in [2.45, 2.75) is 26.3 Å². The van der Waals surface area contributed by atoms with E-state index in [1.807, 2.05) is 13.8 Å². The maximum atomic E-state index is 10.8. The number of hydrogen-bond acceptors (Lipinski definition) is 2. The summed E-state index contributed by atoms with van der Waals surface area (Å²) in [6, 6.07) is 0.173. The lowest BCUT2D eigenvalue weighted by Gasteiger charge is -2.10. The van der Waals surface area contributed by atoms with E-state index in [1.54, 1.807) is 0 Å². The zero-order chi connectivity index (χ0) is 8.69. The molecular formula is C8H15NO2. The number of hydrogen-bond donors (Lipinski definition) is 1. The molecule has 0 aromatic carbocycles. The Hall–Kier alpha value is -0.990. The minimum atomic E-state index is -0.376. The summed E-state index contributed by atoms with van der Waals surface area (Å²) in [5.74, 6) is 0. The van der Waals surface area contributed by atoms with E-state index >= 15 is 0 Å². The van der Waals surface area contributed by atoms with E-state index in [1.165, 1.54) is 6.08 Å². The van der Waals surface area contributed by atoms with Crippen molar-refractivity contribution in [1.29, 1.82) is 0 Å². The van der Waals surface area contributed by atoms with E-state index < -0.39 is 0 Å². The Morgan fingerprint density at radius 3 is 2.91 bits per heavy atom. The first-order valence-electron chi connectivity index (χ1n) is 3.74. The topological polar surface area (TPSA) is 38.3 Å². The quantitative estimate of drug-likeness (QED) is 0.631. The molecule has 0 fully saturated rings. The molecule has 3 heteroatoms. The van der Waals surface area contributed by atoms with Gasteiger partial charge in [-0.1, -0.05) is 19.6 Å². The standard InChI is InChI=1S/C8H15NO2/c1-4-6-11-8(10)9-7(3)5-2/h4,7H,1,5-6H2,2-3H3,(H,9,10). The molecular weight excluding hydrogens is 142 g/mol. The fourth-order valence-corrected chi connectivity index (χ4v) is 0.480. The van der Waals surface area contributed by atoms with Gasteiger partial charge in [-0.15, -0.1) is 0 Å². The molecule has 0 aromatic heterocycles. The van der Waals surface area contributed by atoms with E-state index in [2.05, 4.69) is 11.9 Å². The molecule has 11 heavy (non-hydrogen) atoms. The highest BCUT2D eigenvalue weighted by Gasteiger charge is 2.03. The van der Waals surface area contributed by atoms with Crippen molar-refractivity contribution in [2.24, 2.45) is 0 Å². The first kappa shape index (κ1) is 10.0. The van der Waals surface area contributed by atoms with Crippen LogP contribution in [0.1, 0.15) is 20.3 Å². The molecule has 0 saturated carbocycles. The molecule has 1 atom stereocenters. The normalized spacial score (nSPS) is 11.8. The lowest BCUT2D eigenvalue weighted by Crippen LogP contribution is -2.32. The Morgan fingerprint density at radius 2 is 2.45 bits per heavy atom. The second kappa shape index (κ2) is 5.77. The summed E-state index contributed by atoms with van der Waals surface area (Å²) in [6.45, 7) is 7.62. The minimum absolute atomic E-state index is 0.173. The van der Waals surface area contributed by atoms with Crippen LogP contribution >= 0.6 is 0 Å². The molecule has 1 unspecified atom stereocenters. The first-order chi connectivity index (χ1) is 5.20. The minimum Gasteiger partial charge on any atom is -0.445 e. The van der Waals surface area contributed by atoms with Crippen LogP contribution in [0.5, 0.6) is 0 Å². The average molecular weight is 157 g/mol. The van der Waals surface area contributed by atoms with Crippen LogP contribution in [0.3, 0.4) is 0 Å². The zero-order valence-electron chi connectivity index (χ0n) is 7.09. The van der Waals surface area contributed by atoms with Gasteiger partial charge in [0.1, 0.15) is 6.61 Å². The summed E-state index contributed by atoms with van der Waals surface area (Å²) in [6.07, 6.45) is 2.07. The van der Waals surface area contributed by atoms with Gasteiger partial charge in [-0.2, -0.15) is 0 Å². The number of amides is 1. The zero-order valence-corrected chi connectivity index (χ0v) is 7.09. The lowest BCUT2D eigenvalue weighted by molar-refractivity contribution is 0.154. The van der Waals surface area contributed by atoms with Crippen LogP contribution in [0.4, 0.5) is 4.79 Å². The average Bonchev–Trinajstić information content (AvgIpc) is 2.00. The van der Waals surface area contributed by atoms with Crippen molar-refractivity contribution in [2.75, 3.05) is 6.61 Å². The van der Waals surface area contributed by atoms with Gasteiger partial charge in [0.15, 0.2) is 0 Å². The number of carbonyl (C=O) groups excluding carboxylic acids is 1. The molecule has 3 nitrogen and oxygen atoms in total. The van der Waals surface area contributed by atoms with Crippen LogP contribution in [-0.2, 0) is 4.74 Å². The van der Waals surface area contributed by atoms with Gasteiger partial charge in [0.05, 0.1) is 0 Å². The van der Waals surface area contributed by atoms with E-state index in [0.29, 0.717) is 0 Å². The van der Waals surface area contributed by atoms with Crippen molar-refractivity contribution >= 4 is 6.09 Å². The Balaban J connectivity index is 3.43. The molecule has 0 heterocycles. The number of rotatable bonds is 4. The van der Waals surface area contributed by atoms with Crippen LogP contribution in [0.25, 0.3) is 0 Å². The molecule has 0 rings (SSSR count). The van der Waals surface area contributed by atoms with Gasteiger partial charge < -0.3 is 10.1 Å². The largest absolute Gasteiger partial charge is 0.445 e. The molecule has 0 aromatic rings. The fraction of sp³-hybridized carbons (Fsp3) is 0.625. The Bertz CT molecular complexity index is 134. The van der Waals surface area contributed by atoms with Crippen molar-refractivity contribution in [3.8, 4) is 0 Å². The third kappa shape index (κ3) is 5.45. The number of ether oxygens (including phenoxy) is 1. The second-order valence-electron chi connectivity index (χ2n) is 2.34. The monoisotopic (exact) mass is 157 g/mol. The summed E-state index contributed by atoms with van der Waals surface area (Å²) in [5, 5.41) is 2.66. The Labute approximate surface area is 67.4 Å². The second-order valence-corrected chi connectivity index (χ2v) is 2.34. The third-order valence-electron chi connectivity index (χ3n) is 1.31. The van der Waals surface area contributed by atoms with E-state index in [9.17, 15) is 4.79 Å². The van der Waals surface area contributed by atoms with Crippen molar-refractivity contribution in [3.63, 3.8) is 0 Å². The highest BCUT2D eigenvalue weighted by Crippen LogP contribution is 1.88. The fourth-order valence-electron chi connectivity index (χ4n) is 0.480. The van der Waals surface area contributed by atoms with E-state index in [4.69, 9.17) is 4.74 Å². The van der Waals surface area contributed by atoms with Gasteiger partial charge in [-0.05, 0) is 13.3 Å². The lowest BCUT2D eigenvalue weighted by atomic mass is 10.3. The first-order valence-corrected chi connectivity index (χ1v) is 3.74. The van der Waals surface area contributed by atoms with Gasteiger partial charge >= 0.3 is 6.09 Å². The van der Waals surface area contributed by atoms with Crippen LogP contribution in [0, 0.1) is 0 Å². The molecule has 0 radical (unpaired) electrons. The molecule has 0 saturated heterocycles. The maximum Gasteiger partial charge on any atom is 0.407 e. The summed E-state index contributed by atoms with van der Waals surface area (Å²) >= 11 is 0. The summed E-state index contributed by atoms with van der Waals surface area (Å²) in [5.41, 5.74) is 0. The molecule has 64 valence electrons. The highest BCUT2D eigenvalue weighted by molar-refractivity contribution is 5.67. The smallest absolute Gasteiger partial charge is 0.407 e. The predicted octanol–water partition coefficient (Wildman–Crippen LogP) is 1.70. The Kier molecular flexibility index (Phi) is 5.25. The molecule has 0 aliphatic carbocycles. The van der Waals surface area contributed by atoms with Gasteiger partial charge in [-0.3, -0.25) is 0 Å². The Morgan fingerprint density at radius 1 is 1.82 bits per heavy atom. The number of carbonyl (C=O) groups is 1. The van der Waals surface area contributed by atoms with Gasteiger partial charge in [0, 0.05) is 6.04 Å². The van der Waals surface area contributed by atoms with Crippen LogP contribution in [0.2, 0.25) is 0 Å². The number of alkyl carbamates (subject to hydrolysis) is 1. The summed E-state index contributed by atoms with van der Waals surface area (Å²) in [4.78, 5) is 10.8. The van der Waals surface area contributed by atoms with Gasteiger partial charge in [0.2, 0.25) is 0 Å². The van der Waals surface area contributed by atoms with E-state index in [0.717, 1.165) is 6.42 Å². The van der Waals surface area contributed by atoms with Crippen molar-refractivity contribution in [3.05, 3.63) is 12.7 Å². The number of nitrogens with one attached hydrogen (secondary N) is 1. The third-order valence-corrected chi connectivity index (χ3v) is 1.31. The molecule has 1 amide bonds. The molecule has 0 bridgehead atoms. The van der Waals surface area contributed by atoms with Crippen molar-refractivity contribution < 1.29 is 9.53 Å². The summed E-state index contributed by atoms with van der Waals surface area (Å²) in [7, 11) is 0. The molecule has 0 aliphatic rings. The maximum absolute atomic E-state index is 10.8. The van der Waals surface area contributed by atoms with Crippen LogP contribution < -0.4 is 5.32 Å². The predicted molar refractivity (Wildman–Crippen MR) is 44.4 cm³/mol. The van der Waals surface area contributed by atoms with Gasteiger partial charge in [-0.25, -0.2) is 4.79 Å². The van der Waals surface area contributed by atoms with Crippen LogP contribution in [0.15, 0.2) is 12.7 Å². The molecule has 1 N–H and O–H groups in total. The van der Waals surface area contributed by atoms with E-state index in [-0.39, 0.29) is 18.7 Å². The van der Waals surface area contributed by atoms with Gasteiger partial charge in [0.25, 0.3) is 0 Å². The highest BCUT2D eigenvalue weighted by atomic mass is 16.5. The SMILES string of the molecule is C=CCOC(=O)NC(C)CC. The molecule has 0 spiro atoms. The van der Waals surface area contributed by atoms with Crippen LogP contribution in [-0.4, -0.2) is 18.7 Å². The molecule has 0 aliphatic heterocycles. The van der Waals surface area contributed by atoms with Crippen molar-refractivity contribution in [1.82, 2.24) is 5.32 Å².